The number of unbranched alkanes of at least 4 members (excludes halogenated alkanes) is 3. The van der Waals surface area contributed by atoms with Crippen LogP contribution < -0.4 is 4.74 Å². The van der Waals surface area contributed by atoms with E-state index in [1.807, 2.05) is 24.3 Å². The van der Waals surface area contributed by atoms with Crippen molar-refractivity contribution in [2.45, 2.75) is 63.9 Å². The van der Waals surface area contributed by atoms with E-state index in [1.165, 1.54) is 12.5 Å². The molecule has 3 rings (SSSR count). The maximum atomic E-state index is 12.4. The first-order valence-electron chi connectivity index (χ1n) is 11.8. The maximum Gasteiger partial charge on any atom is 0.338 e. The quantitative estimate of drug-likeness (QED) is 0.227. The van der Waals surface area contributed by atoms with Gasteiger partial charge < -0.3 is 14.2 Å². The molecule has 1 heterocycles. The van der Waals surface area contributed by atoms with Gasteiger partial charge in [0.15, 0.2) is 0 Å². The van der Waals surface area contributed by atoms with Crippen LogP contribution in [-0.4, -0.2) is 36.2 Å². The highest BCUT2D eigenvalue weighted by Crippen LogP contribution is 2.23. The van der Waals surface area contributed by atoms with Gasteiger partial charge in [0.2, 0.25) is 0 Å². The molecule has 6 heteroatoms. The summed E-state index contributed by atoms with van der Waals surface area (Å²) >= 11 is 0. The number of rotatable bonds is 12. The van der Waals surface area contributed by atoms with Crippen molar-refractivity contribution in [1.29, 1.82) is 0 Å². The van der Waals surface area contributed by atoms with Crippen molar-refractivity contribution in [3.8, 4) is 17.0 Å². The van der Waals surface area contributed by atoms with E-state index in [2.05, 4.69) is 11.6 Å². The number of pyridine rings is 1. The van der Waals surface area contributed by atoms with Gasteiger partial charge in [0.25, 0.3) is 0 Å². The Bertz CT molecular complexity index is 886. The molecule has 33 heavy (non-hydrogen) atoms. The van der Waals surface area contributed by atoms with E-state index < -0.39 is 0 Å². The summed E-state index contributed by atoms with van der Waals surface area (Å²) in [7, 11) is 0. The number of aromatic nitrogens is 1. The van der Waals surface area contributed by atoms with E-state index >= 15 is 0 Å². The van der Waals surface area contributed by atoms with Gasteiger partial charge in [0, 0.05) is 11.6 Å². The van der Waals surface area contributed by atoms with E-state index in [9.17, 15) is 9.59 Å². The lowest BCUT2D eigenvalue weighted by Crippen LogP contribution is -2.20. The number of hydrogen-bond acceptors (Lipinski definition) is 6. The predicted octanol–water partition coefficient (Wildman–Crippen LogP) is 5.91. The van der Waals surface area contributed by atoms with Gasteiger partial charge in [-0.05, 0) is 75.6 Å². The van der Waals surface area contributed by atoms with E-state index in [0.29, 0.717) is 18.8 Å². The summed E-state index contributed by atoms with van der Waals surface area (Å²) in [5, 5.41) is 0. The van der Waals surface area contributed by atoms with Crippen molar-refractivity contribution in [3.63, 3.8) is 0 Å². The van der Waals surface area contributed by atoms with Crippen molar-refractivity contribution < 1.29 is 23.8 Å². The molecule has 0 spiro atoms. The zero-order valence-electron chi connectivity index (χ0n) is 19.2. The SMILES string of the molecule is C=CC(=O)OCCCCCCOc1ccc(-c2ccc(C(=O)OC3CCCCC3)cc2)nc1. The van der Waals surface area contributed by atoms with Crippen LogP contribution in [0.25, 0.3) is 11.3 Å². The average Bonchev–Trinajstić information content (AvgIpc) is 2.86. The molecule has 0 radical (unpaired) electrons. The van der Waals surface area contributed by atoms with Crippen molar-refractivity contribution in [2.24, 2.45) is 0 Å². The highest BCUT2D eigenvalue weighted by molar-refractivity contribution is 5.90. The molecule has 0 bridgehead atoms. The first-order valence-corrected chi connectivity index (χ1v) is 11.8. The lowest BCUT2D eigenvalue weighted by Gasteiger charge is -2.21. The van der Waals surface area contributed by atoms with E-state index in [-0.39, 0.29) is 18.0 Å². The van der Waals surface area contributed by atoms with Gasteiger partial charge in [-0.2, -0.15) is 0 Å². The third-order valence-electron chi connectivity index (χ3n) is 5.70. The predicted molar refractivity (Wildman–Crippen MR) is 127 cm³/mol. The van der Waals surface area contributed by atoms with Gasteiger partial charge in [-0.3, -0.25) is 4.98 Å². The Morgan fingerprint density at radius 2 is 1.67 bits per heavy atom. The second kappa shape index (κ2) is 13.4. The van der Waals surface area contributed by atoms with Crippen LogP contribution in [0.1, 0.15) is 68.1 Å². The molecule has 1 aromatic carbocycles. The van der Waals surface area contributed by atoms with Crippen molar-refractivity contribution in [2.75, 3.05) is 13.2 Å². The first-order chi connectivity index (χ1) is 16.2. The van der Waals surface area contributed by atoms with Crippen LogP contribution in [0, 0.1) is 0 Å². The smallest absolute Gasteiger partial charge is 0.338 e. The van der Waals surface area contributed by atoms with Crippen LogP contribution in [0.4, 0.5) is 0 Å². The van der Waals surface area contributed by atoms with Gasteiger partial charge in [0.05, 0.1) is 30.7 Å². The number of esters is 2. The van der Waals surface area contributed by atoms with E-state index in [0.717, 1.165) is 68.4 Å². The Morgan fingerprint density at radius 1 is 0.939 bits per heavy atom. The van der Waals surface area contributed by atoms with E-state index in [4.69, 9.17) is 14.2 Å². The monoisotopic (exact) mass is 451 g/mol. The standard InChI is InChI=1S/C27H33NO5/c1-2-26(29)32-19-9-4-3-8-18-31-24-16-17-25(28-20-24)21-12-14-22(15-13-21)27(30)33-23-10-6-5-7-11-23/h2,12-17,20,23H,1,3-11,18-19H2. The van der Waals surface area contributed by atoms with E-state index in [1.54, 1.807) is 18.3 Å². The van der Waals surface area contributed by atoms with Crippen LogP contribution in [0.3, 0.4) is 0 Å². The minimum Gasteiger partial charge on any atom is -0.492 e. The number of hydrogen-bond donors (Lipinski definition) is 0. The molecule has 2 aromatic rings. The van der Waals surface area contributed by atoms with Gasteiger partial charge in [-0.25, -0.2) is 9.59 Å². The second-order valence-corrected chi connectivity index (χ2v) is 8.26. The summed E-state index contributed by atoms with van der Waals surface area (Å²) in [6, 6.07) is 11.2. The third-order valence-corrected chi connectivity index (χ3v) is 5.70. The molecule has 0 N–H and O–H groups in total. The Balaban J connectivity index is 1.37. The van der Waals surface area contributed by atoms with Crippen molar-refractivity contribution in [1.82, 2.24) is 4.98 Å². The Labute approximate surface area is 196 Å². The molecule has 176 valence electrons. The molecule has 1 saturated carbocycles. The van der Waals surface area contributed by atoms with Crippen LogP contribution >= 0.6 is 0 Å². The number of carbonyl (C=O) groups is 2. The van der Waals surface area contributed by atoms with Crippen molar-refractivity contribution >= 4 is 11.9 Å². The number of nitrogens with zero attached hydrogens (tertiary/aromatic N) is 1. The fourth-order valence-electron chi connectivity index (χ4n) is 3.80. The minimum atomic E-state index is -0.373. The summed E-state index contributed by atoms with van der Waals surface area (Å²) in [6.45, 7) is 4.41. The molecule has 1 fully saturated rings. The van der Waals surface area contributed by atoms with Crippen LogP contribution in [0.5, 0.6) is 5.75 Å². The summed E-state index contributed by atoms with van der Waals surface area (Å²) in [4.78, 5) is 27.8. The summed E-state index contributed by atoms with van der Waals surface area (Å²) in [5.41, 5.74) is 2.33. The minimum absolute atomic E-state index is 0.0576. The highest BCUT2D eigenvalue weighted by Gasteiger charge is 2.18. The lowest BCUT2D eigenvalue weighted by atomic mass is 9.98. The third kappa shape index (κ3) is 8.37. The summed E-state index contributed by atoms with van der Waals surface area (Å²) in [6.07, 6.45) is 12.1. The fraction of sp³-hybridized carbons (Fsp3) is 0.444. The molecule has 0 unspecified atom stereocenters. The zero-order chi connectivity index (χ0) is 23.3. The number of carbonyl (C=O) groups excluding carboxylic acids is 2. The lowest BCUT2D eigenvalue weighted by molar-refractivity contribution is -0.137. The molecule has 6 nitrogen and oxygen atoms in total. The number of ether oxygens (including phenoxy) is 3. The largest absolute Gasteiger partial charge is 0.492 e. The molecule has 0 saturated heterocycles. The molecule has 1 aromatic heterocycles. The molecule has 1 aliphatic rings. The highest BCUT2D eigenvalue weighted by atomic mass is 16.5. The summed E-state index contributed by atoms with van der Waals surface area (Å²) in [5.74, 6) is 0.108. The van der Waals surface area contributed by atoms with Crippen LogP contribution in [0.2, 0.25) is 0 Å². The Hall–Kier alpha value is -3.15. The maximum absolute atomic E-state index is 12.4. The van der Waals surface area contributed by atoms with Gasteiger partial charge >= 0.3 is 11.9 Å². The topological polar surface area (TPSA) is 74.7 Å². The van der Waals surface area contributed by atoms with Crippen LogP contribution in [-0.2, 0) is 14.3 Å². The molecule has 0 amide bonds. The van der Waals surface area contributed by atoms with Gasteiger partial charge in [-0.1, -0.05) is 25.1 Å². The molecule has 0 aliphatic heterocycles. The zero-order valence-corrected chi connectivity index (χ0v) is 19.2. The Morgan fingerprint density at radius 3 is 2.33 bits per heavy atom. The molecule has 1 aliphatic carbocycles. The van der Waals surface area contributed by atoms with Gasteiger partial charge in [0.1, 0.15) is 11.9 Å². The second-order valence-electron chi connectivity index (χ2n) is 8.26. The Kier molecular flexibility index (Phi) is 9.95. The summed E-state index contributed by atoms with van der Waals surface area (Å²) < 4.78 is 16.3. The molecular weight excluding hydrogens is 418 g/mol. The molecular formula is C27H33NO5. The normalized spacial score (nSPS) is 13.8. The number of benzene rings is 1. The van der Waals surface area contributed by atoms with Crippen LogP contribution in [0.15, 0.2) is 55.3 Å². The van der Waals surface area contributed by atoms with Gasteiger partial charge in [-0.15, -0.1) is 0 Å². The first kappa shape index (κ1) is 24.5. The average molecular weight is 452 g/mol. The van der Waals surface area contributed by atoms with Crippen molar-refractivity contribution in [3.05, 3.63) is 60.8 Å². The fourth-order valence-corrected chi connectivity index (χ4v) is 3.80. The molecule has 0 atom stereocenters.